The lowest BCUT2D eigenvalue weighted by Gasteiger charge is -2.17. The Kier molecular flexibility index (Phi) is 8.96. The molecule has 0 aliphatic carbocycles. The number of nitrogens with zero attached hydrogens (tertiary/aromatic N) is 2. The highest BCUT2D eigenvalue weighted by atomic mass is 16.6. The lowest BCUT2D eigenvalue weighted by Crippen LogP contribution is -2.43. The SMILES string of the molecule is COC(=O)C(Cc1ccccc1)NC(=O)c1ccc(-c2nn(C)c(C)c2NC(=O)OC(C)c2ccccc2)cc1. The third kappa shape index (κ3) is 6.74. The summed E-state index contributed by atoms with van der Waals surface area (Å²) in [6.07, 6.45) is -0.731. The maximum atomic E-state index is 13.0. The van der Waals surface area contributed by atoms with E-state index in [-0.39, 0.29) is 0 Å². The molecule has 2 N–H and O–H groups in total. The zero-order chi connectivity index (χ0) is 28.6. The van der Waals surface area contributed by atoms with Crippen LogP contribution < -0.4 is 10.6 Å². The number of amides is 2. The molecule has 0 bridgehead atoms. The maximum absolute atomic E-state index is 13.0. The van der Waals surface area contributed by atoms with E-state index in [9.17, 15) is 14.4 Å². The van der Waals surface area contributed by atoms with E-state index in [0.29, 0.717) is 28.9 Å². The number of aromatic nitrogens is 2. The summed E-state index contributed by atoms with van der Waals surface area (Å²) < 4.78 is 12.1. The summed E-state index contributed by atoms with van der Waals surface area (Å²) in [6, 6.07) is 24.8. The minimum atomic E-state index is -0.835. The van der Waals surface area contributed by atoms with Crippen molar-refractivity contribution in [2.75, 3.05) is 12.4 Å². The van der Waals surface area contributed by atoms with Crippen LogP contribution in [0.25, 0.3) is 11.3 Å². The fourth-order valence-corrected chi connectivity index (χ4v) is 4.25. The average molecular weight is 541 g/mol. The number of rotatable bonds is 9. The molecule has 3 aromatic carbocycles. The van der Waals surface area contributed by atoms with Crippen LogP contribution in [-0.2, 0) is 27.7 Å². The van der Waals surface area contributed by atoms with E-state index >= 15 is 0 Å². The van der Waals surface area contributed by atoms with Crippen molar-refractivity contribution in [1.29, 1.82) is 0 Å². The molecule has 0 radical (unpaired) electrons. The van der Waals surface area contributed by atoms with Crippen LogP contribution in [0.2, 0.25) is 0 Å². The monoisotopic (exact) mass is 540 g/mol. The second kappa shape index (κ2) is 12.8. The van der Waals surface area contributed by atoms with Crippen LogP contribution in [-0.4, -0.2) is 40.9 Å². The number of esters is 1. The first-order chi connectivity index (χ1) is 19.3. The van der Waals surface area contributed by atoms with Gasteiger partial charge < -0.3 is 14.8 Å². The Morgan fingerprint density at radius 3 is 2.17 bits per heavy atom. The molecule has 206 valence electrons. The number of carbonyl (C=O) groups is 3. The Hall–Kier alpha value is -4.92. The van der Waals surface area contributed by atoms with Gasteiger partial charge in [0.1, 0.15) is 17.8 Å². The van der Waals surface area contributed by atoms with Gasteiger partial charge in [-0.25, -0.2) is 9.59 Å². The van der Waals surface area contributed by atoms with Gasteiger partial charge in [-0.05, 0) is 37.1 Å². The Morgan fingerprint density at radius 1 is 0.925 bits per heavy atom. The molecule has 9 heteroatoms. The molecule has 4 aromatic rings. The number of aryl methyl sites for hydroxylation is 1. The van der Waals surface area contributed by atoms with Crippen molar-refractivity contribution in [3.8, 4) is 11.3 Å². The van der Waals surface area contributed by atoms with Crippen LogP contribution in [0.15, 0.2) is 84.9 Å². The molecule has 0 saturated heterocycles. The lowest BCUT2D eigenvalue weighted by molar-refractivity contribution is -0.142. The van der Waals surface area contributed by atoms with Gasteiger partial charge in [0.05, 0.1) is 18.5 Å². The number of anilines is 1. The minimum absolute atomic E-state index is 0.304. The minimum Gasteiger partial charge on any atom is -0.467 e. The number of hydrogen-bond donors (Lipinski definition) is 2. The summed E-state index contributed by atoms with van der Waals surface area (Å²) in [5, 5.41) is 10.2. The van der Waals surface area contributed by atoms with Crippen LogP contribution in [0.3, 0.4) is 0 Å². The largest absolute Gasteiger partial charge is 0.467 e. The van der Waals surface area contributed by atoms with Crippen LogP contribution in [0.4, 0.5) is 10.5 Å². The number of methoxy groups -OCH3 is 1. The molecule has 2 atom stereocenters. The Morgan fingerprint density at radius 2 is 1.55 bits per heavy atom. The molecule has 2 unspecified atom stereocenters. The number of ether oxygens (including phenoxy) is 2. The van der Waals surface area contributed by atoms with Crippen LogP contribution in [0.1, 0.15) is 40.2 Å². The zero-order valence-corrected chi connectivity index (χ0v) is 22.9. The van der Waals surface area contributed by atoms with Crippen molar-refractivity contribution in [3.63, 3.8) is 0 Å². The summed E-state index contributed by atoms with van der Waals surface area (Å²) >= 11 is 0. The van der Waals surface area contributed by atoms with Crippen molar-refractivity contribution >= 4 is 23.7 Å². The number of nitrogens with one attached hydrogen (secondary N) is 2. The first kappa shape index (κ1) is 28.1. The zero-order valence-electron chi connectivity index (χ0n) is 22.9. The molecule has 0 fully saturated rings. The van der Waals surface area contributed by atoms with Crippen molar-refractivity contribution in [2.45, 2.75) is 32.4 Å². The van der Waals surface area contributed by atoms with E-state index in [1.165, 1.54) is 7.11 Å². The van der Waals surface area contributed by atoms with E-state index in [2.05, 4.69) is 15.7 Å². The quantitative estimate of drug-likeness (QED) is 0.282. The molecular formula is C31H32N4O5. The molecule has 0 spiro atoms. The van der Waals surface area contributed by atoms with Crippen molar-refractivity contribution in [3.05, 3.63) is 107 Å². The predicted octanol–water partition coefficient (Wildman–Crippen LogP) is 5.22. The standard InChI is InChI=1S/C31H32N4O5/c1-20-27(33-31(38)40-21(2)23-13-9-6-10-14-23)28(34-35(20)3)24-15-17-25(18-16-24)29(36)32-26(30(37)39-4)19-22-11-7-5-8-12-22/h5-18,21,26H,19H2,1-4H3,(H,32,36)(H,33,38). The lowest BCUT2D eigenvalue weighted by atomic mass is 10.0. The molecule has 0 aliphatic heterocycles. The van der Waals surface area contributed by atoms with E-state index < -0.39 is 30.1 Å². The van der Waals surface area contributed by atoms with Gasteiger partial charge >= 0.3 is 12.1 Å². The van der Waals surface area contributed by atoms with Gasteiger partial charge in [0.25, 0.3) is 5.91 Å². The molecule has 2 amide bonds. The molecule has 1 aromatic heterocycles. The topological polar surface area (TPSA) is 112 Å². The number of benzene rings is 3. The molecule has 1 heterocycles. The van der Waals surface area contributed by atoms with E-state index in [0.717, 1.165) is 16.8 Å². The number of carbonyl (C=O) groups excluding carboxylic acids is 3. The van der Waals surface area contributed by atoms with Gasteiger partial charge in [-0.1, -0.05) is 72.8 Å². The fourth-order valence-electron chi connectivity index (χ4n) is 4.25. The molecular weight excluding hydrogens is 508 g/mol. The maximum Gasteiger partial charge on any atom is 0.412 e. The normalized spacial score (nSPS) is 12.2. The third-order valence-electron chi connectivity index (χ3n) is 6.61. The molecule has 0 saturated carbocycles. The van der Waals surface area contributed by atoms with Crippen molar-refractivity contribution < 1.29 is 23.9 Å². The summed E-state index contributed by atoms with van der Waals surface area (Å²) in [4.78, 5) is 38.1. The van der Waals surface area contributed by atoms with Crippen molar-refractivity contribution in [1.82, 2.24) is 15.1 Å². The summed E-state index contributed by atoms with van der Waals surface area (Å²) in [7, 11) is 3.07. The van der Waals surface area contributed by atoms with E-state index in [1.54, 1.807) is 42.9 Å². The van der Waals surface area contributed by atoms with Gasteiger partial charge in [-0.2, -0.15) is 5.10 Å². The van der Waals surface area contributed by atoms with E-state index in [4.69, 9.17) is 9.47 Å². The molecule has 4 rings (SSSR count). The molecule has 0 aliphatic rings. The second-order valence-electron chi connectivity index (χ2n) is 9.33. The Balaban J connectivity index is 1.48. The highest BCUT2D eigenvalue weighted by Crippen LogP contribution is 2.30. The summed E-state index contributed by atoms with van der Waals surface area (Å²) in [5.41, 5.74) is 4.63. The van der Waals surface area contributed by atoms with Crippen LogP contribution >= 0.6 is 0 Å². The second-order valence-corrected chi connectivity index (χ2v) is 9.33. The van der Waals surface area contributed by atoms with Crippen LogP contribution in [0, 0.1) is 6.92 Å². The summed E-state index contributed by atoms with van der Waals surface area (Å²) in [5.74, 6) is -0.936. The third-order valence-corrected chi connectivity index (χ3v) is 6.61. The highest BCUT2D eigenvalue weighted by Gasteiger charge is 2.23. The molecule has 40 heavy (non-hydrogen) atoms. The van der Waals surface area contributed by atoms with Gasteiger partial charge in [0.15, 0.2) is 0 Å². The van der Waals surface area contributed by atoms with E-state index in [1.807, 2.05) is 67.6 Å². The smallest absolute Gasteiger partial charge is 0.412 e. The first-order valence-corrected chi connectivity index (χ1v) is 12.9. The first-order valence-electron chi connectivity index (χ1n) is 12.9. The Bertz CT molecular complexity index is 1470. The summed E-state index contributed by atoms with van der Waals surface area (Å²) in [6.45, 7) is 3.65. The molecule has 9 nitrogen and oxygen atoms in total. The van der Waals surface area contributed by atoms with Gasteiger partial charge in [-0.15, -0.1) is 0 Å². The highest BCUT2D eigenvalue weighted by molar-refractivity contribution is 5.98. The average Bonchev–Trinajstić information content (AvgIpc) is 3.25. The van der Waals surface area contributed by atoms with Crippen LogP contribution in [0.5, 0.6) is 0 Å². The predicted molar refractivity (Wildman–Crippen MR) is 152 cm³/mol. The fraction of sp³-hybridized carbons (Fsp3) is 0.226. The van der Waals surface area contributed by atoms with Gasteiger partial charge in [0.2, 0.25) is 0 Å². The number of hydrogen-bond acceptors (Lipinski definition) is 6. The van der Waals surface area contributed by atoms with Crippen molar-refractivity contribution in [2.24, 2.45) is 7.05 Å². The van der Waals surface area contributed by atoms with Gasteiger partial charge in [-0.3, -0.25) is 14.8 Å². The van der Waals surface area contributed by atoms with Gasteiger partial charge in [0, 0.05) is 24.6 Å². The Labute approximate surface area is 233 Å².